The summed E-state index contributed by atoms with van der Waals surface area (Å²) in [7, 11) is 0. The number of aromatic amines is 1. The Bertz CT molecular complexity index is 452. The summed E-state index contributed by atoms with van der Waals surface area (Å²) in [6, 6.07) is 5.28. The van der Waals surface area contributed by atoms with Crippen molar-refractivity contribution in [1.82, 2.24) is 15.4 Å². The summed E-state index contributed by atoms with van der Waals surface area (Å²) in [6.45, 7) is 0. The number of nitrogens with zero attached hydrogens (tertiary/aromatic N) is 2. The number of fused-ring (bicyclic) bond motifs is 1. The van der Waals surface area contributed by atoms with Gasteiger partial charge < -0.3 is 10.6 Å². The lowest BCUT2D eigenvalue weighted by molar-refractivity contribution is -0.136. The van der Waals surface area contributed by atoms with Crippen LogP contribution >= 0.6 is 0 Å². The van der Waals surface area contributed by atoms with Gasteiger partial charge in [0.1, 0.15) is 11.0 Å². The first kappa shape index (κ1) is 10.1. The molecule has 2 aromatic rings. The third-order valence-electron chi connectivity index (χ3n) is 1.77. The normalized spacial score (nSPS) is 9.71. The van der Waals surface area contributed by atoms with Crippen LogP contribution in [0.15, 0.2) is 18.2 Å². The van der Waals surface area contributed by atoms with E-state index in [4.69, 9.17) is 5.11 Å². The van der Waals surface area contributed by atoms with Crippen LogP contribution in [0, 0.1) is 0 Å². The zero-order valence-corrected chi connectivity index (χ0v) is 7.19. The van der Waals surface area contributed by atoms with Gasteiger partial charge in [-0.2, -0.15) is 15.4 Å². The number of aliphatic carboxylic acids is 1. The Hall–Kier alpha value is -1.95. The fraction of sp³-hybridized carbons (Fsp3) is 0.125. The number of carbonyl (C=O) groups is 1. The van der Waals surface area contributed by atoms with E-state index in [2.05, 4.69) is 15.4 Å². The summed E-state index contributed by atoms with van der Waals surface area (Å²) in [5.74, 6) is -0.865. The predicted molar refractivity (Wildman–Crippen MR) is 48.8 cm³/mol. The van der Waals surface area contributed by atoms with E-state index in [9.17, 15) is 4.79 Å². The highest BCUT2D eigenvalue weighted by molar-refractivity contribution is 5.82. The van der Waals surface area contributed by atoms with E-state index in [1.807, 2.05) is 0 Å². The Balaban J connectivity index is 0.000000980. The largest absolute Gasteiger partial charge is 0.481 e. The molecule has 1 heterocycles. The van der Waals surface area contributed by atoms with Crippen molar-refractivity contribution in [2.45, 2.75) is 6.42 Å². The lowest BCUT2D eigenvalue weighted by Gasteiger charge is -1.95. The lowest BCUT2D eigenvalue weighted by atomic mass is 10.1. The number of hydrogen-bond acceptors (Lipinski definition) is 3. The Morgan fingerprint density at radius 1 is 1.43 bits per heavy atom. The molecule has 2 rings (SSSR count). The van der Waals surface area contributed by atoms with Gasteiger partial charge in [0, 0.05) is 0 Å². The maximum atomic E-state index is 10.5. The minimum atomic E-state index is -0.865. The number of rotatable bonds is 2. The third kappa shape index (κ3) is 1.69. The lowest BCUT2D eigenvalue weighted by Crippen LogP contribution is -2.00. The molecule has 6 heteroatoms. The maximum Gasteiger partial charge on any atom is 0.307 e. The van der Waals surface area contributed by atoms with Gasteiger partial charge in [-0.25, -0.2) is 0 Å². The number of carboxylic acids is 1. The quantitative estimate of drug-likeness (QED) is 0.688. The van der Waals surface area contributed by atoms with Crippen LogP contribution in [0.1, 0.15) is 5.56 Å². The first-order valence-corrected chi connectivity index (χ1v) is 3.77. The van der Waals surface area contributed by atoms with Crippen molar-refractivity contribution in [1.29, 1.82) is 0 Å². The molecule has 0 spiro atoms. The average Bonchev–Trinajstić information content (AvgIpc) is 2.51. The van der Waals surface area contributed by atoms with E-state index in [1.165, 1.54) is 0 Å². The van der Waals surface area contributed by atoms with Crippen LogP contribution in [0.4, 0.5) is 0 Å². The van der Waals surface area contributed by atoms with Crippen LogP contribution in [0.2, 0.25) is 0 Å². The summed E-state index contributed by atoms with van der Waals surface area (Å²) in [5.41, 5.74) is 2.00. The second-order valence-corrected chi connectivity index (χ2v) is 2.68. The van der Waals surface area contributed by atoms with Crippen molar-refractivity contribution in [2.75, 3.05) is 0 Å². The van der Waals surface area contributed by atoms with Crippen molar-refractivity contribution >= 4 is 17.0 Å². The highest BCUT2D eigenvalue weighted by Gasteiger charge is 2.07. The molecule has 6 nitrogen and oxygen atoms in total. The summed E-state index contributed by atoms with van der Waals surface area (Å²) in [4.78, 5) is 10.5. The molecule has 0 fully saturated rings. The fourth-order valence-corrected chi connectivity index (χ4v) is 1.23. The topological polar surface area (TPSA) is 110 Å². The molecular weight excluding hydrogens is 186 g/mol. The maximum absolute atomic E-state index is 10.5. The number of benzene rings is 1. The SMILES string of the molecule is O.O=C(O)Cc1cccc2n[nH]nc12. The highest BCUT2D eigenvalue weighted by atomic mass is 16.4. The van der Waals surface area contributed by atoms with Crippen LogP contribution in [0.5, 0.6) is 0 Å². The molecule has 0 radical (unpaired) electrons. The van der Waals surface area contributed by atoms with Gasteiger partial charge in [0.2, 0.25) is 0 Å². The molecule has 0 aliphatic heterocycles. The molecule has 0 bridgehead atoms. The van der Waals surface area contributed by atoms with Crippen molar-refractivity contribution in [3.8, 4) is 0 Å². The predicted octanol–water partition coefficient (Wildman–Crippen LogP) is -0.240. The van der Waals surface area contributed by atoms with Crippen LogP contribution in [-0.2, 0) is 11.2 Å². The molecule has 14 heavy (non-hydrogen) atoms. The number of nitrogens with one attached hydrogen (secondary N) is 1. The molecule has 1 aromatic heterocycles. The molecule has 0 saturated heterocycles. The number of carboxylic acid groups (broad SMARTS) is 1. The molecule has 0 aliphatic carbocycles. The molecule has 0 atom stereocenters. The molecule has 74 valence electrons. The van der Waals surface area contributed by atoms with Crippen LogP contribution in [-0.4, -0.2) is 32.0 Å². The minimum Gasteiger partial charge on any atom is -0.481 e. The van der Waals surface area contributed by atoms with Gasteiger partial charge in [-0.1, -0.05) is 12.1 Å². The van der Waals surface area contributed by atoms with E-state index in [-0.39, 0.29) is 11.9 Å². The van der Waals surface area contributed by atoms with Gasteiger partial charge in [0.15, 0.2) is 0 Å². The molecular formula is C8H9N3O3. The molecule has 0 amide bonds. The van der Waals surface area contributed by atoms with Crippen LogP contribution in [0.25, 0.3) is 11.0 Å². The minimum absolute atomic E-state index is 0. The van der Waals surface area contributed by atoms with E-state index in [1.54, 1.807) is 18.2 Å². The van der Waals surface area contributed by atoms with Crippen molar-refractivity contribution in [2.24, 2.45) is 0 Å². The van der Waals surface area contributed by atoms with Gasteiger partial charge >= 0.3 is 5.97 Å². The average molecular weight is 195 g/mol. The summed E-state index contributed by atoms with van der Waals surface area (Å²) in [6.07, 6.45) is -0.0239. The molecule has 1 aromatic carbocycles. The first-order chi connectivity index (χ1) is 6.27. The molecule has 4 N–H and O–H groups in total. The Kier molecular flexibility index (Phi) is 2.78. The van der Waals surface area contributed by atoms with Gasteiger partial charge in [0.05, 0.1) is 6.42 Å². The third-order valence-corrected chi connectivity index (χ3v) is 1.77. The van der Waals surface area contributed by atoms with Crippen LogP contribution in [0.3, 0.4) is 0 Å². The molecule has 0 aliphatic rings. The van der Waals surface area contributed by atoms with E-state index >= 15 is 0 Å². The van der Waals surface area contributed by atoms with Crippen LogP contribution < -0.4 is 0 Å². The molecule has 0 unspecified atom stereocenters. The number of H-pyrrole nitrogens is 1. The Labute approximate surface area is 78.9 Å². The summed E-state index contributed by atoms with van der Waals surface area (Å²) in [5, 5.41) is 18.8. The number of para-hydroxylation sites is 1. The zero-order valence-electron chi connectivity index (χ0n) is 7.19. The van der Waals surface area contributed by atoms with Gasteiger partial charge in [-0.3, -0.25) is 4.79 Å². The van der Waals surface area contributed by atoms with Crippen molar-refractivity contribution in [3.63, 3.8) is 0 Å². The number of aromatic nitrogens is 3. The summed E-state index contributed by atoms with van der Waals surface area (Å²) < 4.78 is 0. The van der Waals surface area contributed by atoms with E-state index in [0.29, 0.717) is 16.6 Å². The Morgan fingerprint density at radius 2 is 2.21 bits per heavy atom. The zero-order chi connectivity index (χ0) is 9.26. The van der Waals surface area contributed by atoms with E-state index in [0.717, 1.165) is 0 Å². The second kappa shape index (κ2) is 3.84. The van der Waals surface area contributed by atoms with Gasteiger partial charge in [-0.15, -0.1) is 0 Å². The number of hydrogen-bond donors (Lipinski definition) is 2. The fourth-order valence-electron chi connectivity index (χ4n) is 1.23. The smallest absolute Gasteiger partial charge is 0.307 e. The Morgan fingerprint density at radius 3 is 2.93 bits per heavy atom. The van der Waals surface area contributed by atoms with E-state index < -0.39 is 5.97 Å². The highest BCUT2D eigenvalue weighted by Crippen LogP contribution is 2.13. The first-order valence-electron chi connectivity index (χ1n) is 3.77. The standard InChI is InChI=1S/C8H7N3O2.H2O/c12-7(13)4-5-2-1-3-6-8(5)10-11-9-6;/h1-3H,4H2,(H,12,13)(H,9,10,11);1H2. The monoisotopic (exact) mass is 195 g/mol. The van der Waals surface area contributed by atoms with Crippen molar-refractivity contribution < 1.29 is 15.4 Å². The summed E-state index contributed by atoms with van der Waals surface area (Å²) >= 11 is 0. The van der Waals surface area contributed by atoms with Crippen molar-refractivity contribution in [3.05, 3.63) is 23.8 Å². The van der Waals surface area contributed by atoms with Gasteiger partial charge in [-0.05, 0) is 11.6 Å². The molecule has 0 saturated carbocycles. The van der Waals surface area contributed by atoms with Gasteiger partial charge in [0.25, 0.3) is 0 Å². The second-order valence-electron chi connectivity index (χ2n) is 2.68.